The van der Waals surface area contributed by atoms with E-state index in [1.165, 1.54) is 12.3 Å². The van der Waals surface area contributed by atoms with E-state index in [9.17, 15) is 14.7 Å². The lowest BCUT2D eigenvalue weighted by atomic mass is 9.79. The summed E-state index contributed by atoms with van der Waals surface area (Å²) >= 11 is 0. The fourth-order valence-electron chi connectivity index (χ4n) is 8.37. The van der Waals surface area contributed by atoms with Gasteiger partial charge in [-0.05, 0) is 81.9 Å². The Morgan fingerprint density at radius 1 is 0.540 bits per heavy atom. The van der Waals surface area contributed by atoms with Crippen LogP contribution in [0.4, 0.5) is 0 Å². The van der Waals surface area contributed by atoms with Gasteiger partial charge in [0.25, 0.3) is 5.56 Å². The van der Waals surface area contributed by atoms with Gasteiger partial charge in [-0.15, -0.1) is 0 Å². The van der Waals surface area contributed by atoms with Gasteiger partial charge in [0.05, 0.1) is 35.0 Å². The number of hydrogen-bond donors (Lipinski definition) is 2. The van der Waals surface area contributed by atoms with Gasteiger partial charge >= 0.3 is 5.69 Å². The Hall–Kier alpha value is -6.96. The van der Waals surface area contributed by atoms with Crippen LogP contribution < -0.4 is 30.2 Å². The normalized spacial score (nSPS) is 17.5. The Bertz CT molecular complexity index is 2590. The molecule has 8 rings (SSSR count). The second-order valence-corrected chi connectivity index (χ2v) is 15.0. The minimum Gasteiger partial charge on any atom is -0.497 e. The van der Waals surface area contributed by atoms with E-state index < -0.39 is 47.0 Å². The molecule has 0 radical (unpaired) electrons. The van der Waals surface area contributed by atoms with Gasteiger partial charge in [-0.1, -0.05) is 109 Å². The Labute approximate surface area is 364 Å². The van der Waals surface area contributed by atoms with Gasteiger partial charge in [0, 0.05) is 12.3 Å². The third kappa shape index (κ3) is 8.25. The molecule has 7 aromatic rings. The summed E-state index contributed by atoms with van der Waals surface area (Å²) in [5, 5.41) is 12.6. The lowest BCUT2D eigenvalue weighted by Crippen LogP contribution is -2.47. The summed E-state index contributed by atoms with van der Waals surface area (Å²) in [7, 11) is 6.42. The summed E-state index contributed by atoms with van der Waals surface area (Å²) in [5.41, 5.74) is 0.503. The SMILES string of the molecule is COc1ccc(C(OC[C@H]2O[C@@H](n3ccc(=O)[nH]c3=O)C(O)[C@H]2OC(c2ccccc2)(c2ccc(OC)cc2)c2ccc(OC)cc2)(c2ccccc2)c2ccc(OC)cc2)cc1. The molecule has 322 valence electrons. The van der Waals surface area contributed by atoms with E-state index in [1.807, 2.05) is 158 Å². The van der Waals surface area contributed by atoms with E-state index >= 15 is 0 Å². The zero-order valence-corrected chi connectivity index (χ0v) is 35.3. The molecule has 1 saturated heterocycles. The van der Waals surface area contributed by atoms with Crippen molar-refractivity contribution >= 4 is 0 Å². The van der Waals surface area contributed by atoms with Gasteiger partial charge in [-0.2, -0.15) is 0 Å². The fourth-order valence-corrected chi connectivity index (χ4v) is 8.37. The number of rotatable bonds is 16. The maximum absolute atomic E-state index is 13.4. The molecule has 0 aliphatic carbocycles. The number of ether oxygens (including phenoxy) is 7. The molecule has 0 amide bonds. The number of aromatic nitrogens is 2. The number of nitrogens with one attached hydrogen (secondary N) is 1. The maximum atomic E-state index is 13.4. The summed E-state index contributed by atoms with van der Waals surface area (Å²) < 4.78 is 45.0. The monoisotopic (exact) mass is 848 g/mol. The highest BCUT2D eigenvalue weighted by Gasteiger charge is 2.52. The quantitative estimate of drug-likeness (QED) is 0.0960. The van der Waals surface area contributed by atoms with Crippen molar-refractivity contribution < 1.29 is 38.3 Å². The first-order chi connectivity index (χ1) is 30.7. The number of methoxy groups -OCH3 is 4. The van der Waals surface area contributed by atoms with E-state index in [-0.39, 0.29) is 6.61 Å². The van der Waals surface area contributed by atoms with Gasteiger partial charge in [-0.3, -0.25) is 14.3 Å². The standard InChI is InChI=1S/C51H48N2O10/c1-57-40-23-15-36(16-24-40)50(34-11-7-5-8-12-34,37-17-25-41(58-2)26-18-37)61-33-44-47(46(55)48(62-44)53-32-31-45(54)52-49(53)56)63-51(35-13-9-6-10-14-35,38-19-27-42(59-3)28-20-38)39-21-29-43(60-4)30-22-39/h5-32,44,46-48,55H,33H2,1-4H3,(H,52,54,56)/t44-,46?,47+,48-/m1/s1. The fraction of sp³-hybridized carbons (Fsp3) is 0.216. The molecule has 0 saturated carbocycles. The Morgan fingerprint density at radius 3 is 1.32 bits per heavy atom. The largest absolute Gasteiger partial charge is 0.497 e. The van der Waals surface area contributed by atoms with Crippen molar-refractivity contribution in [2.24, 2.45) is 0 Å². The number of aliphatic hydroxyl groups excluding tert-OH is 1. The first-order valence-electron chi connectivity index (χ1n) is 20.4. The minimum absolute atomic E-state index is 0.167. The zero-order valence-electron chi connectivity index (χ0n) is 35.3. The molecule has 0 spiro atoms. The molecule has 1 aromatic heterocycles. The van der Waals surface area contributed by atoms with Crippen molar-refractivity contribution in [2.45, 2.75) is 35.7 Å². The van der Waals surface area contributed by atoms with Gasteiger partial charge in [-0.25, -0.2) is 4.79 Å². The van der Waals surface area contributed by atoms with Crippen molar-refractivity contribution in [1.82, 2.24) is 9.55 Å². The lowest BCUT2D eigenvalue weighted by Gasteiger charge is -2.41. The second kappa shape index (κ2) is 18.6. The average molecular weight is 849 g/mol. The van der Waals surface area contributed by atoms with E-state index in [1.54, 1.807) is 28.4 Å². The predicted molar refractivity (Wildman–Crippen MR) is 237 cm³/mol. The van der Waals surface area contributed by atoms with Crippen LogP contribution in [0.25, 0.3) is 0 Å². The molecule has 12 nitrogen and oxygen atoms in total. The first-order valence-corrected chi connectivity index (χ1v) is 20.4. The average Bonchev–Trinajstić information content (AvgIpc) is 3.64. The molecule has 12 heteroatoms. The van der Waals surface area contributed by atoms with Crippen molar-refractivity contribution in [3.05, 3.63) is 224 Å². The smallest absolute Gasteiger partial charge is 0.330 e. The van der Waals surface area contributed by atoms with E-state index in [2.05, 4.69) is 4.98 Å². The summed E-state index contributed by atoms with van der Waals surface area (Å²) in [6.45, 7) is -0.167. The van der Waals surface area contributed by atoms with Crippen molar-refractivity contribution in [3.8, 4) is 23.0 Å². The highest BCUT2D eigenvalue weighted by atomic mass is 16.6. The molecular weight excluding hydrogens is 801 g/mol. The molecule has 2 N–H and O–H groups in total. The number of aromatic amines is 1. The third-order valence-electron chi connectivity index (χ3n) is 11.6. The second-order valence-electron chi connectivity index (χ2n) is 15.0. The van der Waals surface area contributed by atoms with E-state index in [4.69, 9.17) is 33.2 Å². The molecule has 1 unspecified atom stereocenters. The van der Waals surface area contributed by atoms with Crippen LogP contribution >= 0.6 is 0 Å². The summed E-state index contributed by atoms with van der Waals surface area (Å²) in [6, 6.07) is 51.0. The Kier molecular flexibility index (Phi) is 12.6. The van der Waals surface area contributed by atoms with Gasteiger partial charge in [0.15, 0.2) is 6.23 Å². The highest BCUT2D eigenvalue weighted by molar-refractivity contribution is 5.51. The van der Waals surface area contributed by atoms with Crippen LogP contribution in [0, 0.1) is 0 Å². The topological polar surface area (TPSA) is 140 Å². The molecule has 1 aliphatic heterocycles. The predicted octanol–water partition coefficient (Wildman–Crippen LogP) is 7.22. The van der Waals surface area contributed by atoms with Crippen molar-refractivity contribution in [2.75, 3.05) is 35.0 Å². The summed E-state index contributed by atoms with van der Waals surface area (Å²) in [4.78, 5) is 28.0. The molecule has 1 aliphatic rings. The van der Waals surface area contributed by atoms with Crippen LogP contribution in [0.5, 0.6) is 23.0 Å². The highest BCUT2D eigenvalue weighted by Crippen LogP contribution is 2.47. The molecule has 63 heavy (non-hydrogen) atoms. The summed E-state index contributed by atoms with van der Waals surface area (Å²) in [6.07, 6.45) is -3.70. The number of nitrogens with zero attached hydrogens (tertiary/aromatic N) is 1. The molecule has 2 heterocycles. The van der Waals surface area contributed by atoms with E-state index in [0.29, 0.717) is 34.1 Å². The zero-order chi connectivity index (χ0) is 44.0. The lowest BCUT2D eigenvalue weighted by molar-refractivity contribution is -0.131. The van der Waals surface area contributed by atoms with Gasteiger partial charge in [0.2, 0.25) is 0 Å². The van der Waals surface area contributed by atoms with Crippen LogP contribution in [0.15, 0.2) is 180 Å². The van der Waals surface area contributed by atoms with Crippen molar-refractivity contribution in [1.29, 1.82) is 0 Å². The van der Waals surface area contributed by atoms with Crippen LogP contribution in [-0.4, -0.2) is 68.0 Å². The number of H-pyrrole nitrogens is 1. The van der Waals surface area contributed by atoms with Gasteiger partial charge in [0.1, 0.15) is 52.5 Å². The van der Waals surface area contributed by atoms with Gasteiger partial charge < -0.3 is 38.3 Å². The maximum Gasteiger partial charge on any atom is 0.330 e. The molecule has 0 bridgehead atoms. The third-order valence-corrected chi connectivity index (χ3v) is 11.6. The number of aliphatic hydroxyl groups is 1. The first kappa shape index (κ1) is 42.7. The molecular formula is C51H48N2O10. The Morgan fingerprint density at radius 2 is 0.921 bits per heavy atom. The summed E-state index contributed by atoms with van der Waals surface area (Å²) in [5.74, 6) is 2.60. The van der Waals surface area contributed by atoms with Crippen LogP contribution in [0.1, 0.15) is 39.6 Å². The molecule has 6 aromatic carbocycles. The van der Waals surface area contributed by atoms with Crippen LogP contribution in [-0.2, 0) is 25.4 Å². The van der Waals surface area contributed by atoms with Crippen LogP contribution in [0.2, 0.25) is 0 Å². The minimum atomic E-state index is -1.48. The molecule has 1 fully saturated rings. The molecule has 4 atom stereocenters. The number of hydrogen-bond acceptors (Lipinski definition) is 10. The number of benzene rings is 6. The van der Waals surface area contributed by atoms with E-state index in [0.717, 1.165) is 26.8 Å². The van der Waals surface area contributed by atoms with Crippen LogP contribution in [0.3, 0.4) is 0 Å². The van der Waals surface area contributed by atoms with Crippen molar-refractivity contribution in [3.63, 3.8) is 0 Å². The Balaban J connectivity index is 1.32.